The lowest BCUT2D eigenvalue weighted by molar-refractivity contribution is -0.113. The van der Waals surface area contributed by atoms with Crippen LogP contribution in [0, 0.1) is 0 Å². The highest BCUT2D eigenvalue weighted by Crippen LogP contribution is 2.17. The van der Waals surface area contributed by atoms with E-state index in [0.717, 1.165) is 4.90 Å². The van der Waals surface area contributed by atoms with Crippen molar-refractivity contribution < 1.29 is 4.79 Å². The zero-order valence-electron chi connectivity index (χ0n) is 9.34. The van der Waals surface area contributed by atoms with Gasteiger partial charge in [-0.15, -0.1) is 22.0 Å². The summed E-state index contributed by atoms with van der Waals surface area (Å²) in [6, 6.07) is 12.9. The number of nitrogens with one attached hydrogen (secondary N) is 1. The van der Waals surface area contributed by atoms with Gasteiger partial charge in [-0.1, -0.05) is 29.8 Å². The summed E-state index contributed by atoms with van der Waals surface area (Å²) in [5.74, 6) is 0.604. The van der Waals surface area contributed by atoms with E-state index in [-0.39, 0.29) is 5.91 Å². The second-order valence-electron chi connectivity index (χ2n) is 3.39. The summed E-state index contributed by atoms with van der Waals surface area (Å²) < 4.78 is 0. The van der Waals surface area contributed by atoms with Gasteiger partial charge in [-0.25, -0.2) is 0 Å². The molecule has 0 unspecified atom stereocenters. The van der Waals surface area contributed by atoms with E-state index in [1.54, 1.807) is 12.1 Å². The van der Waals surface area contributed by atoms with E-state index in [1.165, 1.54) is 11.8 Å². The first kappa shape index (κ1) is 12.9. The second kappa shape index (κ2) is 6.37. The average molecular weight is 280 g/mol. The Hall–Kier alpha value is -1.59. The average Bonchev–Trinajstić information content (AvgIpc) is 2.40. The van der Waals surface area contributed by atoms with Gasteiger partial charge in [0.2, 0.25) is 5.91 Å². The fraction of sp³-hybridized carbons (Fsp3) is 0.0833. The first-order valence-electron chi connectivity index (χ1n) is 5.21. The van der Waals surface area contributed by atoms with E-state index in [4.69, 9.17) is 11.6 Å². The van der Waals surface area contributed by atoms with Crippen molar-refractivity contribution in [2.75, 3.05) is 11.1 Å². The zero-order chi connectivity index (χ0) is 12.8. The standard InChI is InChI=1S/C12H10ClN3OS/c13-10-6-7-11(16-15-10)14-12(17)8-18-9-4-2-1-3-5-9/h1-7H,8H2,(H,14,16,17). The van der Waals surface area contributed by atoms with Crippen molar-refractivity contribution in [3.05, 3.63) is 47.6 Å². The van der Waals surface area contributed by atoms with Crippen LogP contribution in [0.3, 0.4) is 0 Å². The summed E-state index contributed by atoms with van der Waals surface area (Å²) >= 11 is 7.06. The van der Waals surface area contributed by atoms with E-state index in [2.05, 4.69) is 15.5 Å². The lowest BCUT2D eigenvalue weighted by Gasteiger charge is -2.03. The summed E-state index contributed by atoms with van der Waals surface area (Å²) in [6.45, 7) is 0. The van der Waals surface area contributed by atoms with Gasteiger partial charge in [0, 0.05) is 4.90 Å². The smallest absolute Gasteiger partial charge is 0.235 e. The number of thioether (sulfide) groups is 1. The molecule has 0 aliphatic carbocycles. The maximum atomic E-state index is 11.6. The van der Waals surface area contributed by atoms with Crippen molar-refractivity contribution in [1.82, 2.24) is 10.2 Å². The second-order valence-corrected chi connectivity index (χ2v) is 4.83. The maximum Gasteiger partial charge on any atom is 0.235 e. The number of aromatic nitrogens is 2. The quantitative estimate of drug-likeness (QED) is 0.875. The number of hydrogen-bond donors (Lipinski definition) is 1. The molecule has 0 atom stereocenters. The summed E-state index contributed by atoms with van der Waals surface area (Å²) in [4.78, 5) is 12.7. The largest absolute Gasteiger partial charge is 0.308 e. The van der Waals surface area contributed by atoms with E-state index < -0.39 is 0 Å². The molecule has 1 aromatic heterocycles. The number of benzene rings is 1. The Balaban J connectivity index is 1.84. The highest BCUT2D eigenvalue weighted by molar-refractivity contribution is 8.00. The van der Waals surface area contributed by atoms with Gasteiger partial charge in [-0.2, -0.15) is 0 Å². The minimum absolute atomic E-state index is 0.125. The van der Waals surface area contributed by atoms with Crippen LogP contribution in [0.25, 0.3) is 0 Å². The van der Waals surface area contributed by atoms with Gasteiger partial charge in [0.1, 0.15) is 0 Å². The van der Waals surface area contributed by atoms with Crippen LogP contribution in [-0.2, 0) is 4.79 Å². The molecule has 2 rings (SSSR count). The Kier molecular flexibility index (Phi) is 4.55. The number of carbonyl (C=O) groups is 1. The molecule has 0 aliphatic heterocycles. The molecule has 0 spiro atoms. The molecule has 0 saturated heterocycles. The Labute approximate surface area is 114 Å². The molecule has 18 heavy (non-hydrogen) atoms. The van der Waals surface area contributed by atoms with Crippen LogP contribution in [0.2, 0.25) is 5.15 Å². The number of rotatable bonds is 4. The van der Waals surface area contributed by atoms with Crippen molar-refractivity contribution in [1.29, 1.82) is 0 Å². The first-order valence-corrected chi connectivity index (χ1v) is 6.57. The fourth-order valence-electron chi connectivity index (χ4n) is 1.23. The monoisotopic (exact) mass is 279 g/mol. The molecule has 92 valence electrons. The molecule has 1 N–H and O–H groups in total. The molecule has 0 aliphatic rings. The Bertz CT molecular complexity index is 519. The van der Waals surface area contributed by atoms with Gasteiger partial charge < -0.3 is 5.32 Å². The molecule has 0 fully saturated rings. The molecule has 0 saturated carbocycles. The lowest BCUT2D eigenvalue weighted by Crippen LogP contribution is -2.15. The lowest BCUT2D eigenvalue weighted by atomic mass is 10.4. The number of carbonyl (C=O) groups excluding carboxylic acids is 1. The Morgan fingerprint density at radius 2 is 1.94 bits per heavy atom. The number of hydrogen-bond acceptors (Lipinski definition) is 4. The fourth-order valence-corrected chi connectivity index (χ4v) is 2.05. The predicted octanol–water partition coefficient (Wildman–Crippen LogP) is 2.86. The molecular formula is C12H10ClN3OS. The minimum atomic E-state index is -0.125. The first-order chi connectivity index (χ1) is 8.74. The third-order valence-electron chi connectivity index (χ3n) is 2.01. The molecule has 4 nitrogen and oxygen atoms in total. The van der Waals surface area contributed by atoms with Crippen LogP contribution in [0.4, 0.5) is 5.82 Å². The molecule has 6 heteroatoms. The van der Waals surface area contributed by atoms with E-state index in [1.807, 2.05) is 30.3 Å². The zero-order valence-corrected chi connectivity index (χ0v) is 10.9. The topological polar surface area (TPSA) is 54.9 Å². The molecule has 0 radical (unpaired) electrons. The number of anilines is 1. The number of nitrogens with zero attached hydrogens (tertiary/aromatic N) is 2. The summed E-state index contributed by atoms with van der Waals surface area (Å²) in [5.41, 5.74) is 0. The third kappa shape index (κ3) is 4.01. The van der Waals surface area contributed by atoms with Gasteiger partial charge in [0.15, 0.2) is 11.0 Å². The Morgan fingerprint density at radius 3 is 2.61 bits per heavy atom. The van der Waals surface area contributed by atoms with Gasteiger partial charge in [-0.05, 0) is 24.3 Å². The molecule has 1 heterocycles. The van der Waals surface area contributed by atoms with Crippen LogP contribution >= 0.6 is 23.4 Å². The van der Waals surface area contributed by atoms with Gasteiger partial charge >= 0.3 is 0 Å². The Morgan fingerprint density at radius 1 is 1.17 bits per heavy atom. The SMILES string of the molecule is O=C(CSc1ccccc1)Nc1ccc(Cl)nn1. The predicted molar refractivity (Wildman–Crippen MR) is 72.8 cm³/mol. The molecule has 0 bridgehead atoms. The van der Waals surface area contributed by atoms with Crippen LogP contribution in [0.1, 0.15) is 0 Å². The highest BCUT2D eigenvalue weighted by atomic mass is 35.5. The van der Waals surface area contributed by atoms with Crippen molar-refractivity contribution >= 4 is 35.1 Å². The van der Waals surface area contributed by atoms with Crippen LogP contribution in [-0.4, -0.2) is 21.9 Å². The minimum Gasteiger partial charge on any atom is -0.308 e. The van der Waals surface area contributed by atoms with Crippen LogP contribution in [0.15, 0.2) is 47.4 Å². The summed E-state index contributed by atoms with van der Waals surface area (Å²) in [7, 11) is 0. The number of halogens is 1. The molecule has 2 aromatic rings. The van der Waals surface area contributed by atoms with Gasteiger partial charge in [0.05, 0.1) is 5.75 Å². The van der Waals surface area contributed by atoms with Crippen LogP contribution in [0.5, 0.6) is 0 Å². The molecular weight excluding hydrogens is 270 g/mol. The van der Waals surface area contributed by atoms with E-state index in [9.17, 15) is 4.79 Å². The maximum absolute atomic E-state index is 11.6. The number of amides is 1. The van der Waals surface area contributed by atoms with Gasteiger partial charge in [0.25, 0.3) is 0 Å². The van der Waals surface area contributed by atoms with Crippen molar-refractivity contribution in [3.63, 3.8) is 0 Å². The summed E-state index contributed by atoms with van der Waals surface area (Å²) in [5, 5.41) is 10.3. The van der Waals surface area contributed by atoms with E-state index >= 15 is 0 Å². The normalized spacial score (nSPS) is 10.1. The van der Waals surface area contributed by atoms with Gasteiger partial charge in [-0.3, -0.25) is 4.79 Å². The third-order valence-corrected chi connectivity index (χ3v) is 3.23. The van der Waals surface area contributed by atoms with Crippen molar-refractivity contribution in [3.8, 4) is 0 Å². The van der Waals surface area contributed by atoms with Crippen molar-refractivity contribution in [2.24, 2.45) is 0 Å². The van der Waals surface area contributed by atoms with E-state index in [0.29, 0.717) is 16.7 Å². The summed E-state index contributed by atoms with van der Waals surface area (Å²) in [6.07, 6.45) is 0. The van der Waals surface area contributed by atoms with Crippen molar-refractivity contribution in [2.45, 2.75) is 4.90 Å². The van der Waals surface area contributed by atoms with Crippen LogP contribution < -0.4 is 5.32 Å². The highest BCUT2D eigenvalue weighted by Gasteiger charge is 2.04. The molecule has 1 aromatic carbocycles. The molecule has 1 amide bonds.